The van der Waals surface area contributed by atoms with Gasteiger partial charge in [-0.25, -0.2) is 9.78 Å². The van der Waals surface area contributed by atoms with E-state index in [0.717, 1.165) is 6.42 Å². The lowest BCUT2D eigenvalue weighted by atomic mass is 9.90. The van der Waals surface area contributed by atoms with E-state index in [0.29, 0.717) is 24.7 Å². The second-order valence-electron chi connectivity index (χ2n) is 5.67. The molecule has 1 saturated heterocycles. The van der Waals surface area contributed by atoms with E-state index in [1.165, 1.54) is 18.3 Å². The molecule has 1 amide bonds. The number of carbonyl (C=O) groups is 2. The zero-order chi connectivity index (χ0) is 16.9. The molecule has 2 heterocycles. The van der Waals surface area contributed by atoms with Crippen molar-refractivity contribution in [2.24, 2.45) is 0 Å². The van der Waals surface area contributed by atoms with Crippen molar-refractivity contribution in [3.05, 3.63) is 23.9 Å². The third-order valence-electron chi connectivity index (χ3n) is 4.00. The molecule has 0 saturated carbocycles. The zero-order valence-electron chi connectivity index (χ0n) is 13.4. The quantitative estimate of drug-likeness (QED) is 0.826. The number of nitrogens with one attached hydrogen (secondary N) is 1. The summed E-state index contributed by atoms with van der Waals surface area (Å²) in [5.41, 5.74) is -0.957. The van der Waals surface area contributed by atoms with Gasteiger partial charge in [0.25, 0.3) is 5.91 Å². The fourth-order valence-electron chi connectivity index (χ4n) is 2.31. The molecular weight excluding hydrogens is 300 g/mol. The molecule has 1 aliphatic rings. The second-order valence-corrected chi connectivity index (χ2v) is 5.67. The number of carboxylic acid groups (broad SMARTS) is 1. The van der Waals surface area contributed by atoms with Crippen molar-refractivity contribution >= 4 is 11.9 Å². The number of carbonyl (C=O) groups excluding carboxylic acids is 1. The smallest absolute Gasteiger partial charge is 0.329 e. The van der Waals surface area contributed by atoms with Crippen LogP contribution in [0.4, 0.5) is 0 Å². The first kappa shape index (κ1) is 17.2. The fraction of sp³-hybridized carbons (Fsp3) is 0.562. The van der Waals surface area contributed by atoms with Crippen molar-refractivity contribution in [1.29, 1.82) is 0 Å². The van der Waals surface area contributed by atoms with Crippen LogP contribution in [0.5, 0.6) is 5.88 Å². The number of nitrogens with zero attached hydrogens (tertiary/aromatic N) is 1. The zero-order valence-corrected chi connectivity index (χ0v) is 13.4. The molecule has 23 heavy (non-hydrogen) atoms. The molecule has 1 aliphatic heterocycles. The van der Waals surface area contributed by atoms with Gasteiger partial charge in [0.15, 0.2) is 0 Å². The standard InChI is InChI=1S/C16H22N2O5/c1-3-11(2)23-13-10-12(4-7-17-13)14(19)18-16(15(20)21)5-8-22-9-6-16/h4,7,10-11H,3,5-6,8-9H2,1-2H3,(H,18,19)(H,20,21). The Balaban J connectivity index is 2.13. The molecule has 1 aromatic heterocycles. The Morgan fingerprint density at radius 3 is 2.78 bits per heavy atom. The van der Waals surface area contributed by atoms with Crippen molar-refractivity contribution in [2.75, 3.05) is 13.2 Å². The van der Waals surface area contributed by atoms with Gasteiger partial charge in [0, 0.05) is 43.9 Å². The highest BCUT2D eigenvalue weighted by Crippen LogP contribution is 2.22. The number of rotatable bonds is 6. The Bertz CT molecular complexity index is 569. The van der Waals surface area contributed by atoms with E-state index in [1.54, 1.807) is 0 Å². The first-order valence-electron chi connectivity index (χ1n) is 7.73. The summed E-state index contributed by atoms with van der Waals surface area (Å²) in [6.45, 7) is 4.52. The Labute approximate surface area is 135 Å². The number of carboxylic acids is 1. The summed E-state index contributed by atoms with van der Waals surface area (Å²) in [6.07, 6.45) is 2.77. The number of hydrogen-bond acceptors (Lipinski definition) is 5. The largest absolute Gasteiger partial charge is 0.480 e. The van der Waals surface area contributed by atoms with E-state index in [1.807, 2.05) is 13.8 Å². The van der Waals surface area contributed by atoms with Gasteiger partial charge in [0.05, 0.1) is 6.10 Å². The third-order valence-corrected chi connectivity index (χ3v) is 4.00. The highest BCUT2D eigenvalue weighted by molar-refractivity contribution is 5.98. The van der Waals surface area contributed by atoms with E-state index in [2.05, 4.69) is 10.3 Å². The maximum Gasteiger partial charge on any atom is 0.329 e. The minimum absolute atomic E-state index is 0.0123. The van der Waals surface area contributed by atoms with Gasteiger partial charge < -0.3 is 19.9 Å². The number of aromatic nitrogens is 1. The van der Waals surface area contributed by atoms with Crippen LogP contribution in [0.1, 0.15) is 43.5 Å². The molecule has 0 aromatic carbocycles. The Hall–Kier alpha value is -2.15. The Morgan fingerprint density at radius 1 is 1.48 bits per heavy atom. The van der Waals surface area contributed by atoms with Gasteiger partial charge in [0.1, 0.15) is 5.54 Å². The summed E-state index contributed by atoms with van der Waals surface area (Å²) in [5, 5.41) is 12.1. The van der Waals surface area contributed by atoms with Crippen molar-refractivity contribution < 1.29 is 24.2 Å². The Kier molecular flexibility index (Phi) is 5.54. The highest BCUT2D eigenvalue weighted by atomic mass is 16.5. The maximum atomic E-state index is 12.4. The normalized spacial score (nSPS) is 18.0. The van der Waals surface area contributed by atoms with E-state index in [-0.39, 0.29) is 18.9 Å². The van der Waals surface area contributed by atoms with E-state index in [4.69, 9.17) is 9.47 Å². The summed E-state index contributed by atoms with van der Waals surface area (Å²) in [5.74, 6) is -1.15. The predicted octanol–water partition coefficient (Wildman–Crippen LogP) is 1.62. The molecule has 0 aliphatic carbocycles. The highest BCUT2D eigenvalue weighted by Gasteiger charge is 2.41. The van der Waals surface area contributed by atoms with Gasteiger partial charge in [-0.05, 0) is 19.4 Å². The molecular formula is C16H22N2O5. The van der Waals surface area contributed by atoms with Gasteiger partial charge in [-0.1, -0.05) is 6.92 Å². The monoisotopic (exact) mass is 322 g/mol. The van der Waals surface area contributed by atoms with Crippen molar-refractivity contribution in [3.63, 3.8) is 0 Å². The van der Waals surface area contributed by atoms with Crippen LogP contribution < -0.4 is 10.1 Å². The molecule has 1 aromatic rings. The molecule has 0 radical (unpaired) electrons. The Morgan fingerprint density at radius 2 is 2.17 bits per heavy atom. The predicted molar refractivity (Wildman–Crippen MR) is 82.5 cm³/mol. The van der Waals surface area contributed by atoms with E-state index < -0.39 is 17.4 Å². The number of pyridine rings is 1. The van der Waals surface area contributed by atoms with Crippen LogP contribution in [-0.4, -0.2) is 46.8 Å². The molecule has 1 atom stereocenters. The van der Waals surface area contributed by atoms with Gasteiger partial charge in [-0.2, -0.15) is 0 Å². The minimum atomic E-state index is -1.28. The SMILES string of the molecule is CCC(C)Oc1cc(C(=O)NC2(C(=O)O)CCOCC2)ccn1. The van der Waals surface area contributed by atoms with Gasteiger partial charge in [0.2, 0.25) is 5.88 Å². The average Bonchev–Trinajstić information content (AvgIpc) is 2.55. The summed E-state index contributed by atoms with van der Waals surface area (Å²) < 4.78 is 10.8. The van der Waals surface area contributed by atoms with Crippen LogP contribution in [-0.2, 0) is 9.53 Å². The fourth-order valence-corrected chi connectivity index (χ4v) is 2.31. The van der Waals surface area contributed by atoms with E-state index >= 15 is 0 Å². The lowest BCUT2D eigenvalue weighted by Gasteiger charge is -2.33. The summed E-state index contributed by atoms with van der Waals surface area (Å²) in [6, 6.07) is 3.06. The van der Waals surface area contributed by atoms with Crippen LogP contribution in [0.15, 0.2) is 18.3 Å². The molecule has 1 fully saturated rings. The first-order chi connectivity index (χ1) is 11.0. The lowest BCUT2D eigenvalue weighted by molar-refractivity contribution is -0.148. The topological polar surface area (TPSA) is 97.8 Å². The van der Waals surface area contributed by atoms with Crippen molar-refractivity contribution in [1.82, 2.24) is 10.3 Å². The first-order valence-corrected chi connectivity index (χ1v) is 7.73. The van der Waals surface area contributed by atoms with Gasteiger partial charge >= 0.3 is 5.97 Å². The number of hydrogen-bond donors (Lipinski definition) is 2. The van der Waals surface area contributed by atoms with Crippen LogP contribution in [0.2, 0.25) is 0 Å². The second kappa shape index (κ2) is 7.41. The van der Waals surface area contributed by atoms with Crippen molar-refractivity contribution in [2.45, 2.75) is 44.8 Å². The van der Waals surface area contributed by atoms with Gasteiger partial charge in [-0.15, -0.1) is 0 Å². The maximum absolute atomic E-state index is 12.4. The molecule has 126 valence electrons. The molecule has 2 N–H and O–H groups in total. The molecule has 7 heteroatoms. The minimum Gasteiger partial charge on any atom is -0.480 e. The summed E-state index contributed by atoms with van der Waals surface area (Å²) in [7, 11) is 0. The molecule has 2 rings (SSSR count). The number of ether oxygens (including phenoxy) is 2. The number of amides is 1. The average molecular weight is 322 g/mol. The molecule has 1 unspecified atom stereocenters. The summed E-state index contributed by atoms with van der Waals surface area (Å²) >= 11 is 0. The lowest BCUT2D eigenvalue weighted by Crippen LogP contribution is -2.57. The molecule has 7 nitrogen and oxygen atoms in total. The van der Waals surface area contributed by atoms with Crippen LogP contribution in [0, 0.1) is 0 Å². The molecule has 0 spiro atoms. The van der Waals surface area contributed by atoms with E-state index in [9.17, 15) is 14.7 Å². The van der Waals surface area contributed by atoms with Crippen LogP contribution in [0.25, 0.3) is 0 Å². The van der Waals surface area contributed by atoms with Crippen LogP contribution >= 0.6 is 0 Å². The van der Waals surface area contributed by atoms with Gasteiger partial charge in [-0.3, -0.25) is 4.79 Å². The molecule has 0 bridgehead atoms. The van der Waals surface area contributed by atoms with Crippen LogP contribution in [0.3, 0.4) is 0 Å². The third kappa shape index (κ3) is 4.19. The summed E-state index contributed by atoms with van der Waals surface area (Å²) in [4.78, 5) is 28.1. The van der Waals surface area contributed by atoms with Crippen molar-refractivity contribution in [3.8, 4) is 5.88 Å². The number of aliphatic carboxylic acids is 1.